The third-order valence-electron chi connectivity index (χ3n) is 5.75. The molecule has 1 aromatic carbocycles. The van der Waals surface area contributed by atoms with Gasteiger partial charge in [-0.15, -0.1) is 0 Å². The predicted molar refractivity (Wildman–Crippen MR) is 109 cm³/mol. The van der Waals surface area contributed by atoms with Crippen molar-refractivity contribution in [2.75, 3.05) is 17.2 Å². The van der Waals surface area contributed by atoms with Crippen LogP contribution in [0.15, 0.2) is 30.4 Å². The van der Waals surface area contributed by atoms with Crippen LogP contribution in [0.2, 0.25) is 0 Å². The van der Waals surface area contributed by atoms with Gasteiger partial charge in [0.15, 0.2) is 0 Å². The monoisotopic (exact) mass is 429 g/mol. The smallest absolute Gasteiger partial charge is 0.412 e. The van der Waals surface area contributed by atoms with Gasteiger partial charge in [0, 0.05) is 0 Å². The minimum absolute atomic E-state index is 0.00288. The van der Waals surface area contributed by atoms with Crippen molar-refractivity contribution >= 4 is 35.2 Å². The minimum atomic E-state index is -0.768. The second kappa shape index (κ2) is 7.47. The number of rotatable bonds is 4. The third-order valence-corrected chi connectivity index (χ3v) is 5.75. The zero-order valence-electron chi connectivity index (χ0n) is 17.5. The van der Waals surface area contributed by atoms with Gasteiger partial charge in [-0.25, -0.2) is 9.18 Å². The van der Waals surface area contributed by atoms with E-state index < -0.39 is 41.8 Å². The third kappa shape index (κ3) is 4.04. The maximum Gasteiger partial charge on any atom is 0.412 e. The highest BCUT2D eigenvalue weighted by Crippen LogP contribution is 2.52. The zero-order valence-corrected chi connectivity index (χ0v) is 17.5. The molecule has 1 heterocycles. The van der Waals surface area contributed by atoms with Crippen molar-refractivity contribution in [3.05, 3.63) is 36.2 Å². The average Bonchev–Trinajstić information content (AvgIpc) is 3.32. The number of fused-ring (bicyclic) bond motifs is 5. The van der Waals surface area contributed by atoms with Gasteiger partial charge in [-0.05, 0) is 57.2 Å². The van der Waals surface area contributed by atoms with Crippen molar-refractivity contribution in [3.8, 4) is 0 Å². The Hall–Kier alpha value is -3.23. The second-order valence-corrected chi connectivity index (χ2v) is 9.13. The zero-order chi connectivity index (χ0) is 22.5. The molecule has 4 amide bonds. The molecule has 2 bridgehead atoms. The number of amides is 4. The van der Waals surface area contributed by atoms with E-state index in [4.69, 9.17) is 4.74 Å². The summed E-state index contributed by atoms with van der Waals surface area (Å²) in [5.41, 5.74) is -0.616. The van der Waals surface area contributed by atoms with E-state index in [1.54, 1.807) is 20.8 Å². The Morgan fingerprint density at radius 3 is 2.26 bits per heavy atom. The van der Waals surface area contributed by atoms with Gasteiger partial charge in [0.05, 0.1) is 23.2 Å². The lowest BCUT2D eigenvalue weighted by Gasteiger charge is -2.21. The van der Waals surface area contributed by atoms with Gasteiger partial charge in [0.2, 0.25) is 17.7 Å². The number of benzene rings is 1. The maximum absolute atomic E-state index is 13.8. The summed E-state index contributed by atoms with van der Waals surface area (Å²) in [5.74, 6) is -2.67. The van der Waals surface area contributed by atoms with Crippen LogP contribution in [0.3, 0.4) is 0 Å². The molecule has 0 radical (unpaired) electrons. The summed E-state index contributed by atoms with van der Waals surface area (Å²) >= 11 is 0. The van der Waals surface area contributed by atoms with E-state index in [1.807, 2.05) is 12.2 Å². The summed E-state index contributed by atoms with van der Waals surface area (Å²) in [6.07, 6.45) is 3.98. The minimum Gasteiger partial charge on any atom is -0.444 e. The van der Waals surface area contributed by atoms with Crippen LogP contribution in [-0.2, 0) is 19.1 Å². The Bertz CT molecular complexity index is 969. The van der Waals surface area contributed by atoms with Crippen LogP contribution in [0.5, 0.6) is 0 Å². The molecule has 3 aliphatic rings. The molecule has 4 unspecified atom stereocenters. The summed E-state index contributed by atoms with van der Waals surface area (Å²) in [4.78, 5) is 51.1. The highest BCUT2D eigenvalue weighted by atomic mass is 19.1. The lowest BCUT2D eigenvalue weighted by Crippen LogP contribution is -2.39. The molecule has 1 saturated carbocycles. The van der Waals surface area contributed by atoms with Crippen molar-refractivity contribution in [2.24, 2.45) is 23.7 Å². The number of likely N-dealkylation sites (tertiary alicyclic amines) is 1. The van der Waals surface area contributed by atoms with Crippen molar-refractivity contribution in [2.45, 2.75) is 32.8 Å². The molecule has 0 spiro atoms. The Balaban J connectivity index is 1.44. The number of nitrogens with zero attached hydrogens (tertiary/aromatic N) is 1. The second-order valence-electron chi connectivity index (χ2n) is 9.13. The number of carbonyl (C=O) groups excluding carboxylic acids is 4. The van der Waals surface area contributed by atoms with Crippen LogP contribution >= 0.6 is 0 Å². The number of hydrogen-bond acceptors (Lipinski definition) is 5. The molecule has 4 rings (SSSR count). The summed E-state index contributed by atoms with van der Waals surface area (Å²) in [6.45, 7) is 4.62. The molecule has 1 aliphatic heterocycles. The number of carbonyl (C=O) groups is 4. The van der Waals surface area contributed by atoms with Crippen LogP contribution in [0.4, 0.5) is 20.6 Å². The fraction of sp³-hybridized carbons (Fsp3) is 0.455. The van der Waals surface area contributed by atoms with Crippen molar-refractivity contribution in [1.29, 1.82) is 0 Å². The number of anilines is 2. The van der Waals surface area contributed by atoms with E-state index in [9.17, 15) is 23.6 Å². The van der Waals surface area contributed by atoms with Crippen LogP contribution in [0.1, 0.15) is 27.2 Å². The first kappa shape index (κ1) is 21.0. The van der Waals surface area contributed by atoms with E-state index >= 15 is 0 Å². The van der Waals surface area contributed by atoms with Gasteiger partial charge in [0.25, 0.3) is 0 Å². The Labute approximate surface area is 178 Å². The maximum atomic E-state index is 13.8. The van der Waals surface area contributed by atoms with Gasteiger partial charge in [-0.2, -0.15) is 0 Å². The number of nitrogens with one attached hydrogen (secondary N) is 2. The first-order chi connectivity index (χ1) is 14.5. The molecule has 9 heteroatoms. The van der Waals surface area contributed by atoms with E-state index in [-0.39, 0.29) is 35.0 Å². The van der Waals surface area contributed by atoms with Crippen molar-refractivity contribution < 1.29 is 28.3 Å². The average molecular weight is 429 g/mol. The first-order valence-corrected chi connectivity index (χ1v) is 10.2. The van der Waals surface area contributed by atoms with Crippen molar-refractivity contribution in [3.63, 3.8) is 0 Å². The molecule has 8 nitrogen and oxygen atoms in total. The van der Waals surface area contributed by atoms with Gasteiger partial charge in [-0.1, -0.05) is 12.2 Å². The number of allylic oxidation sites excluding steroid dienone is 2. The SMILES string of the molecule is CC(C)(C)OC(=O)Nc1ccc(F)cc1NC(=O)CN1C(=O)C2C3C=CC(C3)C2C1=O. The Kier molecular flexibility index (Phi) is 5.07. The number of imide groups is 1. The molecule has 4 atom stereocenters. The summed E-state index contributed by atoms with van der Waals surface area (Å²) in [5, 5.41) is 4.95. The molecule has 2 fully saturated rings. The fourth-order valence-corrected chi connectivity index (χ4v) is 4.60. The Morgan fingerprint density at radius 1 is 1.06 bits per heavy atom. The molecular formula is C22H24FN3O5. The number of hydrogen-bond donors (Lipinski definition) is 2. The van der Waals surface area contributed by atoms with E-state index in [1.165, 1.54) is 6.07 Å². The number of halogens is 1. The molecule has 1 aromatic rings. The predicted octanol–water partition coefficient (Wildman–Crippen LogP) is 2.92. The lowest BCUT2D eigenvalue weighted by atomic mass is 9.85. The quantitative estimate of drug-likeness (QED) is 0.566. The standard InChI is InChI=1S/C22H24FN3O5/c1-22(2,3)31-21(30)25-14-7-6-13(23)9-15(14)24-16(27)10-26-19(28)17-11-4-5-12(8-11)18(17)20(26)29/h4-7,9,11-12,17-18H,8,10H2,1-3H3,(H,24,27)(H,25,30). The van der Waals surface area contributed by atoms with Gasteiger partial charge in [-0.3, -0.25) is 24.6 Å². The van der Waals surface area contributed by atoms with Crippen LogP contribution in [0, 0.1) is 29.5 Å². The normalized spacial score (nSPS) is 26.3. The van der Waals surface area contributed by atoms with Crippen LogP contribution in [-0.4, -0.2) is 40.9 Å². The Morgan fingerprint density at radius 2 is 1.68 bits per heavy atom. The topological polar surface area (TPSA) is 105 Å². The van der Waals surface area contributed by atoms with Crippen molar-refractivity contribution in [1.82, 2.24) is 4.90 Å². The number of ether oxygens (including phenoxy) is 1. The fourth-order valence-electron chi connectivity index (χ4n) is 4.60. The molecule has 1 saturated heterocycles. The summed E-state index contributed by atoms with van der Waals surface area (Å²) < 4.78 is 18.9. The highest BCUT2D eigenvalue weighted by Gasteiger charge is 2.59. The molecule has 0 aromatic heterocycles. The molecule has 2 N–H and O–H groups in total. The van der Waals surface area contributed by atoms with E-state index in [0.29, 0.717) is 0 Å². The van der Waals surface area contributed by atoms with Gasteiger partial charge < -0.3 is 10.1 Å². The van der Waals surface area contributed by atoms with Crippen LogP contribution < -0.4 is 10.6 Å². The van der Waals surface area contributed by atoms with Gasteiger partial charge in [0.1, 0.15) is 18.0 Å². The largest absolute Gasteiger partial charge is 0.444 e. The summed E-state index contributed by atoms with van der Waals surface area (Å²) in [7, 11) is 0. The molecular weight excluding hydrogens is 405 g/mol. The van der Waals surface area contributed by atoms with E-state index in [2.05, 4.69) is 10.6 Å². The van der Waals surface area contributed by atoms with Crippen LogP contribution in [0.25, 0.3) is 0 Å². The lowest BCUT2D eigenvalue weighted by molar-refractivity contribution is -0.143. The molecule has 164 valence electrons. The van der Waals surface area contributed by atoms with Gasteiger partial charge >= 0.3 is 6.09 Å². The van der Waals surface area contributed by atoms with E-state index in [0.717, 1.165) is 23.5 Å². The summed E-state index contributed by atoms with van der Waals surface area (Å²) in [6, 6.07) is 3.45. The molecule has 31 heavy (non-hydrogen) atoms. The molecule has 2 aliphatic carbocycles. The first-order valence-electron chi connectivity index (χ1n) is 10.2. The highest BCUT2D eigenvalue weighted by molar-refractivity contribution is 6.10.